The molecule has 4 rings (SSSR count). The lowest BCUT2D eigenvalue weighted by molar-refractivity contribution is 0.159. The molecule has 1 fully saturated rings. The number of methoxy groups -OCH3 is 1. The smallest absolute Gasteiger partial charge is 0.217 e. The Morgan fingerprint density at radius 2 is 1.62 bits per heavy atom. The summed E-state index contributed by atoms with van der Waals surface area (Å²) in [6, 6.07) is 26.1. The highest BCUT2D eigenvalue weighted by atomic mass is 16.5. The Bertz CT molecular complexity index is 873. The Morgan fingerprint density at radius 1 is 0.931 bits per heavy atom. The predicted molar refractivity (Wildman–Crippen MR) is 118 cm³/mol. The summed E-state index contributed by atoms with van der Waals surface area (Å²) in [4.78, 5) is 6.89. The molecule has 1 aliphatic rings. The van der Waals surface area contributed by atoms with E-state index in [1.165, 1.54) is 29.5 Å². The van der Waals surface area contributed by atoms with Crippen LogP contribution in [-0.4, -0.2) is 30.1 Å². The van der Waals surface area contributed by atoms with Crippen molar-refractivity contribution in [2.75, 3.05) is 20.2 Å². The van der Waals surface area contributed by atoms with Gasteiger partial charge >= 0.3 is 0 Å². The standard InChI is InChI=1S/C26H30N2O/c1-29-26-24(13-8-16-27-26)20-28-17-14-23(15-18-28)25(22-11-6-3-7-12-22)19-21-9-4-2-5-10-21/h2-13,16,23,25H,14-15,17-20H2,1H3. The Labute approximate surface area is 174 Å². The van der Waals surface area contributed by atoms with Crippen molar-refractivity contribution in [3.05, 3.63) is 95.7 Å². The number of ether oxygens (including phenoxy) is 1. The van der Waals surface area contributed by atoms with Crippen molar-refractivity contribution in [1.29, 1.82) is 0 Å². The summed E-state index contributed by atoms with van der Waals surface area (Å²) in [5, 5.41) is 0. The van der Waals surface area contributed by atoms with Gasteiger partial charge in [0.25, 0.3) is 0 Å². The van der Waals surface area contributed by atoms with Crippen LogP contribution in [0.4, 0.5) is 0 Å². The molecule has 0 bridgehead atoms. The van der Waals surface area contributed by atoms with Crippen LogP contribution in [0.3, 0.4) is 0 Å². The zero-order chi connectivity index (χ0) is 19.9. The second kappa shape index (κ2) is 9.71. The first-order chi connectivity index (χ1) is 14.3. The fourth-order valence-electron chi connectivity index (χ4n) is 4.61. The quantitative estimate of drug-likeness (QED) is 0.549. The lowest BCUT2D eigenvalue weighted by Crippen LogP contribution is -2.35. The average Bonchev–Trinajstić information content (AvgIpc) is 2.80. The average molecular weight is 387 g/mol. The summed E-state index contributed by atoms with van der Waals surface area (Å²) < 4.78 is 5.43. The van der Waals surface area contributed by atoms with Crippen LogP contribution in [0.25, 0.3) is 0 Å². The summed E-state index contributed by atoms with van der Waals surface area (Å²) >= 11 is 0. The van der Waals surface area contributed by atoms with Crippen molar-refractivity contribution in [2.45, 2.75) is 31.7 Å². The van der Waals surface area contributed by atoms with Crippen molar-refractivity contribution in [3.8, 4) is 5.88 Å². The summed E-state index contributed by atoms with van der Waals surface area (Å²) in [5.74, 6) is 2.04. The predicted octanol–water partition coefficient (Wildman–Crippen LogP) is 5.33. The Hall–Kier alpha value is -2.65. The maximum Gasteiger partial charge on any atom is 0.217 e. The number of hydrogen-bond donors (Lipinski definition) is 0. The largest absolute Gasteiger partial charge is 0.481 e. The molecule has 2 aromatic carbocycles. The van der Waals surface area contributed by atoms with Gasteiger partial charge in [-0.1, -0.05) is 66.7 Å². The van der Waals surface area contributed by atoms with Crippen molar-refractivity contribution < 1.29 is 4.74 Å². The molecule has 29 heavy (non-hydrogen) atoms. The van der Waals surface area contributed by atoms with Gasteiger partial charge in [0.1, 0.15) is 0 Å². The number of likely N-dealkylation sites (tertiary alicyclic amines) is 1. The van der Waals surface area contributed by atoms with Crippen molar-refractivity contribution in [1.82, 2.24) is 9.88 Å². The molecule has 0 saturated carbocycles. The van der Waals surface area contributed by atoms with Crippen molar-refractivity contribution in [3.63, 3.8) is 0 Å². The Morgan fingerprint density at radius 3 is 2.31 bits per heavy atom. The van der Waals surface area contributed by atoms with Crippen LogP contribution in [0.15, 0.2) is 79.0 Å². The highest BCUT2D eigenvalue weighted by Crippen LogP contribution is 2.36. The van der Waals surface area contributed by atoms with E-state index in [4.69, 9.17) is 4.74 Å². The highest BCUT2D eigenvalue weighted by Gasteiger charge is 2.28. The summed E-state index contributed by atoms with van der Waals surface area (Å²) in [6.45, 7) is 3.17. The van der Waals surface area contributed by atoms with E-state index in [0.717, 1.165) is 31.9 Å². The molecular formula is C26H30N2O. The molecular weight excluding hydrogens is 356 g/mol. The van der Waals surface area contributed by atoms with E-state index in [-0.39, 0.29) is 0 Å². The van der Waals surface area contributed by atoms with E-state index in [1.54, 1.807) is 13.3 Å². The molecule has 1 atom stereocenters. The Balaban J connectivity index is 1.44. The van der Waals surface area contributed by atoms with Crippen LogP contribution >= 0.6 is 0 Å². The zero-order valence-electron chi connectivity index (χ0n) is 17.2. The van der Waals surface area contributed by atoms with Gasteiger partial charge in [-0.2, -0.15) is 0 Å². The number of nitrogens with zero attached hydrogens (tertiary/aromatic N) is 2. The number of hydrogen-bond acceptors (Lipinski definition) is 3. The first-order valence-corrected chi connectivity index (χ1v) is 10.6. The third-order valence-electron chi connectivity index (χ3n) is 6.16. The molecule has 0 spiro atoms. The highest BCUT2D eigenvalue weighted by molar-refractivity contribution is 5.26. The van der Waals surface area contributed by atoms with E-state index < -0.39 is 0 Å². The van der Waals surface area contributed by atoms with Gasteiger partial charge in [-0.05, 0) is 61.4 Å². The van der Waals surface area contributed by atoms with Crippen LogP contribution in [0.1, 0.15) is 35.4 Å². The van der Waals surface area contributed by atoms with E-state index in [1.807, 2.05) is 6.07 Å². The van der Waals surface area contributed by atoms with Crippen molar-refractivity contribution in [2.24, 2.45) is 5.92 Å². The monoisotopic (exact) mass is 386 g/mol. The van der Waals surface area contributed by atoms with Gasteiger partial charge in [0.2, 0.25) is 5.88 Å². The second-order valence-electron chi connectivity index (χ2n) is 7.99. The lowest BCUT2D eigenvalue weighted by atomic mass is 9.77. The normalized spacial score (nSPS) is 16.4. The van der Waals surface area contributed by atoms with E-state index >= 15 is 0 Å². The van der Waals surface area contributed by atoms with Gasteiger partial charge in [-0.3, -0.25) is 4.90 Å². The van der Waals surface area contributed by atoms with E-state index in [9.17, 15) is 0 Å². The van der Waals surface area contributed by atoms with Gasteiger partial charge in [0, 0.05) is 18.3 Å². The molecule has 3 aromatic rings. The molecule has 1 aliphatic heterocycles. The SMILES string of the molecule is COc1ncccc1CN1CCC(C(Cc2ccccc2)c2ccccc2)CC1. The molecule has 3 heteroatoms. The summed E-state index contributed by atoms with van der Waals surface area (Å²) in [6.07, 6.45) is 5.37. The van der Waals surface area contributed by atoms with E-state index in [2.05, 4.69) is 76.6 Å². The minimum atomic E-state index is 0.577. The third kappa shape index (κ3) is 5.04. The molecule has 150 valence electrons. The van der Waals surface area contributed by atoms with Gasteiger partial charge in [-0.25, -0.2) is 4.98 Å². The molecule has 2 heterocycles. The topological polar surface area (TPSA) is 25.4 Å². The summed E-state index contributed by atoms with van der Waals surface area (Å²) in [7, 11) is 1.70. The molecule has 0 radical (unpaired) electrons. The van der Waals surface area contributed by atoms with Crippen molar-refractivity contribution >= 4 is 0 Å². The maximum atomic E-state index is 5.43. The number of pyridine rings is 1. The number of aromatic nitrogens is 1. The van der Waals surface area contributed by atoms with Gasteiger partial charge in [0.05, 0.1) is 7.11 Å². The Kier molecular flexibility index (Phi) is 6.58. The lowest BCUT2D eigenvalue weighted by Gasteiger charge is -2.36. The fraction of sp³-hybridized carbons (Fsp3) is 0.346. The van der Waals surface area contributed by atoms with Gasteiger partial charge < -0.3 is 4.74 Å². The number of benzene rings is 2. The molecule has 1 saturated heterocycles. The summed E-state index contributed by atoms with van der Waals surface area (Å²) in [5.41, 5.74) is 4.09. The maximum absolute atomic E-state index is 5.43. The van der Waals surface area contributed by atoms with E-state index in [0.29, 0.717) is 11.8 Å². The minimum Gasteiger partial charge on any atom is -0.481 e. The fourth-order valence-corrected chi connectivity index (χ4v) is 4.61. The molecule has 1 unspecified atom stereocenters. The third-order valence-corrected chi connectivity index (χ3v) is 6.16. The van der Waals surface area contributed by atoms with Crippen LogP contribution < -0.4 is 4.74 Å². The molecule has 3 nitrogen and oxygen atoms in total. The van der Waals surface area contributed by atoms with Gasteiger partial charge in [0.15, 0.2) is 0 Å². The molecule has 1 aromatic heterocycles. The zero-order valence-corrected chi connectivity index (χ0v) is 17.2. The van der Waals surface area contributed by atoms with Crippen LogP contribution in [0, 0.1) is 5.92 Å². The van der Waals surface area contributed by atoms with Crippen LogP contribution in [0.2, 0.25) is 0 Å². The van der Waals surface area contributed by atoms with Gasteiger partial charge in [-0.15, -0.1) is 0 Å². The molecule has 0 N–H and O–H groups in total. The molecule has 0 amide bonds. The minimum absolute atomic E-state index is 0.577. The first kappa shape index (κ1) is 19.7. The van der Waals surface area contributed by atoms with Crippen LogP contribution in [-0.2, 0) is 13.0 Å². The first-order valence-electron chi connectivity index (χ1n) is 10.6. The second-order valence-corrected chi connectivity index (χ2v) is 7.99. The number of piperidine rings is 1. The number of rotatable bonds is 7. The molecule has 0 aliphatic carbocycles. The van der Waals surface area contributed by atoms with Crippen LogP contribution in [0.5, 0.6) is 5.88 Å².